The van der Waals surface area contributed by atoms with Crippen LogP contribution in [0.2, 0.25) is 0 Å². The summed E-state index contributed by atoms with van der Waals surface area (Å²) in [4.78, 5) is 5.11. The van der Waals surface area contributed by atoms with Crippen LogP contribution in [0.1, 0.15) is 48.8 Å². The highest BCUT2D eigenvalue weighted by Crippen LogP contribution is 2.62. The van der Waals surface area contributed by atoms with Gasteiger partial charge in [0.25, 0.3) is 0 Å². The van der Waals surface area contributed by atoms with Gasteiger partial charge in [0.2, 0.25) is 0 Å². The van der Waals surface area contributed by atoms with E-state index in [2.05, 4.69) is 363 Å². The molecule has 484 valence electrons. The largest absolute Gasteiger partial charge is 0.454 e. The Morgan fingerprint density at radius 1 is 0.294 bits per heavy atom. The van der Waals surface area contributed by atoms with Gasteiger partial charge in [0.15, 0.2) is 19.2 Å². The molecule has 2 heterocycles. The zero-order valence-corrected chi connectivity index (χ0v) is 57.7. The number of benzene rings is 16. The number of hydrogen-bond acceptors (Lipinski definition) is 4. The molecule has 1 fully saturated rings. The first-order valence-electron chi connectivity index (χ1n) is 36.0. The molecule has 0 atom stereocenters. The highest BCUT2D eigenvalue weighted by atomic mass is 28.3. The highest BCUT2D eigenvalue weighted by Gasteiger charge is 2.47. The topological polar surface area (TPSA) is 32.8 Å². The second-order valence-electron chi connectivity index (χ2n) is 28.1. The van der Waals surface area contributed by atoms with E-state index in [1.54, 1.807) is 0 Å². The molecule has 102 heavy (non-hydrogen) atoms. The van der Waals surface area contributed by atoms with Crippen LogP contribution in [0.5, 0.6) is 0 Å². The van der Waals surface area contributed by atoms with Crippen LogP contribution in [0.15, 0.2) is 355 Å². The molecule has 0 amide bonds. The van der Waals surface area contributed by atoms with Crippen molar-refractivity contribution in [2.75, 3.05) is 9.80 Å². The molecule has 0 aliphatic heterocycles. The molecule has 0 unspecified atom stereocenters. The number of rotatable bonds is 12. The van der Waals surface area contributed by atoms with Gasteiger partial charge in [0.1, 0.15) is 11.2 Å². The normalized spacial score (nSPS) is 13.4. The summed E-state index contributed by atoms with van der Waals surface area (Å²) in [5.74, 6) is 0. The lowest BCUT2D eigenvalue weighted by Crippen LogP contribution is -2.74. The molecule has 2 aromatic heterocycles. The molecule has 18 aromatic rings. The van der Waals surface area contributed by atoms with Gasteiger partial charge in [-0.25, -0.2) is 0 Å². The zero-order chi connectivity index (χ0) is 67.5. The molecular weight excluding hydrogens is 1250 g/mol. The van der Waals surface area contributed by atoms with Gasteiger partial charge in [0, 0.05) is 48.8 Å². The minimum absolute atomic E-state index is 0.325. The minimum Gasteiger partial charge on any atom is -0.454 e. The van der Waals surface area contributed by atoms with E-state index in [-0.39, 0.29) is 5.41 Å². The van der Waals surface area contributed by atoms with Gasteiger partial charge < -0.3 is 18.6 Å². The molecule has 0 saturated heterocycles. The monoisotopic (exact) mass is 1320 g/mol. The maximum absolute atomic E-state index is 7.33. The third-order valence-corrected chi connectivity index (χ3v) is 27.3. The Morgan fingerprint density at radius 3 is 1.33 bits per heavy atom. The van der Waals surface area contributed by atoms with E-state index in [1.165, 1.54) is 87.5 Å². The molecular formula is C97H70N2O2Si. The highest BCUT2D eigenvalue weighted by molar-refractivity contribution is 7.20. The van der Waals surface area contributed by atoms with Crippen LogP contribution in [0.3, 0.4) is 0 Å². The van der Waals surface area contributed by atoms with E-state index in [9.17, 15) is 0 Å². The molecule has 4 nitrogen and oxygen atoms in total. The van der Waals surface area contributed by atoms with Crippen molar-refractivity contribution in [3.63, 3.8) is 0 Å². The lowest BCUT2D eigenvalue weighted by molar-refractivity contribution is 0.353. The molecule has 20 rings (SSSR count). The fourth-order valence-corrected chi connectivity index (χ4v) is 22.8. The molecule has 5 heteroatoms. The number of para-hydroxylation sites is 2. The van der Waals surface area contributed by atoms with Crippen LogP contribution in [-0.2, 0) is 5.41 Å². The van der Waals surface area contributed by atoms with Gasteiger partial charge in [-0.1, -0.05) is 304 Å². The maximum atomic E-state index is 7.33. The number of furan rings is 2. The second-order valence-corrected chi connectivity index (χ2v) is 32.0. The first-order chi connectivity index (χ1) is 50.5. The number of fused-ring (bicyclic) bond motifs is 15. The molecule has 0 radical (unpaired) electrons. The Kier molecular flexibility index (Phi) is 14.0. The van der Waals surface area contributed by atoms with E-state index in [0.717, 1.165) is 126 Å². The van der Waals surface area contributed by atoms with Crippen molar-refractivity contribution < 1.29 is 8.83 Å². The Balaban J connectivity index is 0.830. The number of aryl methyl sites for hydroxylation is 1. The minimum atomic E-state index is -2.92. The van der Waals surface area contributed by atoms with Gasteiger partial charge in [0.05, 0.1) is 28.4 Å². The molecule has 2 aliphatic rings. The maximum Gasteiger partial charge on any atom is 0.179 e. The molecule has 2 aliphatic carbocycles. The van der Waals surface area contributed by atoms with E-state index < -0.39 is 8.07 Å². The van der Waals surface area contributed by atoms with Gasteiger partial charge in [-0.3, -0.25) is 0 Å². The van der Waals surface area contributed by atoms with E-state index in [0.29, 0.717) is 0 Å². The summed E-state index contributed by atoms with van der Waals surface area (Å²) in [5, 5.41) is 16.8. The van der Waals surface area contributed by atoms with Crippen LogP contribution < -0.4 is 30.5 Å². The smallest absolute Gasteiger partial charge is 0.179 e. The fourth-order valence-electron chi connectivity index (χ4n) is 18.0. The third kappa shape index (κ3) is 9.34. The Labute approximate surface area is 594 Å². The quantitative estimate of drug-likeness (QED) is 0.0901. The van der Waals surface area contributed by atoms with Crippen molar-refractivity contribution >= 4 is 139 Å². The Bertz CT molecular complexity index is 6240. The average molecular weight is 1320 g/mol. The van der Waals surface area contributed by atoms with Crippen molar-refractivity contribution in [1.29, 1.82) is 0 Å². The lowest BCUT2D eigenvalue weighted by Gasteiger charge is -2.38. The van der Waals surface area contributed by atoms with Gasteiger partial charge in [-0.05, 0) is 168 Å². The van der Waals surface area contributed by atoms with Crippen molar-refractivity contribution in [1.82, 2.24) is 0 Å². The summed E-state index contributed by atoms with van der Waals surface area (Å²) in [6.07, 6.45) is 5.47. The summed E-state index contributed by atoms with van der Waals surface area (Å²) in [5.41, 5.74) is 20.7. The second kappa shape index (κ2) is 24.0. The molecule has 0 bridgehead atoms. The lowest BCUT2D eigenvalue weighted by atomic mass is 9.67. The first-order valence-corrected chi connectivity index (χ1v) is 38.0. The molecule has 1 spiro atoms. The molecule has 16 aromatic carbocycles. The zero-order valence-electron chi connectivity index (χ0n) is 56.7. The van der Waals surface area contributed by atoms with Crippen molar-refractivity contribution in [2.24, 2.45) is 0 Å². The van der Waals surface area contributed by atoms with E-state index in [4.69, 9.17) is 8.83 Å². The Morgan fingerprint density at radius 2 is 0.755 bits per heavy atom. The predicted molar refractivity (Wildman–Crippen MR) is 431 cm³/mol. The van der Waals surface area contributed by atoms with Crippen molar-refractivity contribution in [2.45, 2.75) is 44.4 Å². The fraction of sp³-hybridized carbons (Fsp3) is 0.0722. The van der Waals surface area contributed by atoms with Crippen LogP contribution in [0, 0.1) is 6.92 Å². The average Bonchev–Trinajstić information content (AvgIpc) is 1.50. The summed E-state index contributed by atoms with van der Waals surface area (Å²) < 4.78 is 14.6. The van der Waals surface area contributed by atoms with Crippen LogP contribution in [-0.4, -0.2) is 8.07 Å². The van der Waals surface area contributed by atoms with Gasteiger partial charge in [-0.2, -0.15) is 0 Å². The van der Waals surface area contributed by atoms with E-state index in [1.807, 2.05) is 0 Å². The predicted octanol–water partition coefficient (Wildman–Crippen LogP) is 24.1. The van der Waals surface area contributed by atoms with Gasteiger partial charge >= 0.3 is 0 Å². The number of anilines is 6. The number of hydrogen-bond donors (Lipinski definition) is 0. The van der Waals surface area contributed by atoms with Crippen molar-refractivity contribution in [3.05, 3.63) is 362 Å². The van der Waals surface area contributed by atoms with Crippen LogP contribution in [0.25, 0.3) is 110 Å². The standard InChI is InChI=1S/C97H70N2O2Si/c1-64-28-24-33-67(56-64)69-58-84-80-46-19-21-51-93(80)101-96(84)91(61-69)99(88-49-27-32-66-30-13-15-43-77(66)88)89-63-86-94(81-47-17-16-44-78(81)89)82-53-52-71(62-85(82)97(86)54-22-5-23-55-97)98(87-48-26-31-65-29-12-14-42-76(65)87)90-60-70(59-83-79-45-18-20-50-92(79)100-95(83)90)68-34-25-41-75(57-68)102(72-35-6-2-7-36-72,73-37-8-3-9-38-73)74-39-10-4-11-40-74/h2-4,6-21,24-53,56-63H,5,22-23,54-55H2,1H3. The number of nitrogens with zero attached hydrogens (tertiary/aromatic N) is 2. The molecule has 0 N–H and O–H groups in total. The Hall–Kier alpha value is -12.3. The van der Waals surface area contributed by atoms with E-state index >= 15 is 0 Å². The summed E-state index contributed by atoms with van der Waals surface area (Å²) in [7, 11) is -2.92. The summed E-state index contributed by atoms with van der Waals surface area (Å²) >= 11 is 0. The van der Waals surface area contributed by atoms with Crippen LogP contribution in [0.4, 0.5) is 34.1 Å². The molecule has 1 saturated carbocycles. The SMILES string of the molecule is Cc1cccc(-c2cc(N(c3cccc4ccccc34)c3cc4c(c5ccccc35)-c3ccc(N(c5cccc6ccccc56)c5cc(-c6cccc([Si](c7ccccc7)(c7ccccc7)c7ccccc7)c6)cc6c5oc5ccccc56)cc3C43CCCCC3)c3oc4ccccc4c3c2)c1. The summed E-state index contributed by atoms with van der Waals surface area (Å²) in [6, 6.07) is 130. The summed E-state index contributed by atoms with van der Waals surface area (Å²) in [6.45, 7) is 2.19. The third-order valence-electron chi connectivity index (χ3n) is 22.5. The van der Waals surface area contributed by atoms with Crippen LogP contribution >= 0.6 is 0 Å². The van der Waals surface area contributed by atoms with Crippen molar-refractivity contribution in [3.8, 4) is 33.4 Å². The van der Waals surface area contributed by atoms with Gasteiger partial charge in [-0.15, -0.1) is 0 Å². The first kappa shape index (κ1) is 59.7.